The minimum atomic E-state index is -0.995. The molecule has 0 saturated carbocycles. The summed E-state index contributed by atoms with van der Waals surface area (Å²) in [5.41, 5.74) is 0. The number of hydrogen-bond acceptors (Lipinski definition) is 10. The summed E-state index contributed by atoms with van der Waals surface area (Å²) in [5, 5.41) is 8.40. The lowest BCUT2D eigenvalue weighted by Crippen LogP contribution is -2.15. The number of carboxylic acid groups (broad SMARTS) is 1. The van der Waals surface area contributed by atoms with Crippen LogP contribution in [0.1, 0.15) is 58.3 Å². The number of carbonyl (C=O) groups is 2. The summed E-state index contributed by atoms with van der Waals surface area (Å²) in [4.78, 5) is 21.9. The zero-order valence-electron chi connectivity index (χ0n) is 22.8. The van der Waals surface area contributed by atoms with Gasteiger partial charge in [-0.2, -0.15) is 0 Å². The Morgan fingerprint density at radius 1 is 0.486 bits per heavy atom. The molecule has 0 heterocycles. The number of carbonyl (C=O) groups excluding carboxylic acids is 1. The van der Waals surface area contributed by atoms with Gasteiger partial charge in [-0.1, -0.05) is 45.4 Å². The van der Waals surface area contributed by atoms with Gasteiger partial charge in [0.05, 0.1) is 85.9 Å². The summed E-state index contributed by atoms with van der Waals surface area (Å²) in [6.45, 7) is 7.70. The summed E-state index contributed by atoms with van der Waals surface area (Å²) in [5.74, 6) is -1.14. The van der Waals surface area contributed by atoms with E-state index in [9.17, 15) is 9.59 Å². The van der Waals surface area contributed by atoms with Gasteiger partial charge in [-0.05, 0) is 6.42 Å². The summed E-state index contributed by atoms with van der Waals surface area (Å²) in [7, 11) is 0. The highest BCUT2D eigenvalue weighted by Gasteiger charge is 2.02. The van der Waals surface area contributed by atoms with Crippen LogP contribution in [0.3, 0.4) is 0 Å². The highest BCUT2D eigenvalue weighted by molar-refractivity contribution is 5.69. The van der Waals surface area contributed by atoms with Gasteiger partial charge in [-0.3, -0.25) is 4.79 Å². The first-order chi connectivity index (χ1) is 18.2. The van der Waals surface area contributed by atoms with E-state index in [-0.39, 0.29) is 25.8 Å². The number of carboxylic acids is 1. The molecule has 0 aromatic rings. The Hall–Kier alpha value is -1.34. The minimum Gasteiger partial charge on any atom is -0.480 e. The van der Waals surface area contributed by atoms with Crippen LogP contribution in [0.25, 0.3) is 0 Å². The maximum Gasteiger partial charge on any atom is 0.329 e. The van der Waals surface area contributed by atoms with Crippen LogP contribution in [0.4, 0.5) is 0 Å². The molecule has 37 heavy (non-hydrogen) atoms. The van der Waals surface area contributed by atoms with E-state index in [4.69, 9.17) is 43.0 Å². The molecule has 0 fully saturated rings. The molecule has 0 spiro atoms. The average Bonchev–Trinajstić information content (AvgIpc) is 2.88. The zero-order valence-corrected chi connectivity index (χ0v) is 22.8. The fourth-order valence-corrected chi connectivity index (χ4v) is 2.99. The second-order valence-corrected chi connectivity index (χ2v) is 8.21. The molecule has 1 N–H and O–H groups in total. The van der Waals surface area contributed by atoms with Crippen LogP contribution in [0.2, 0.25) is 0 Å². The molecule has 0 aromatic carbocycles. The lowest BCUT2D eigenvalue weighted by molar-refractivity contribution is -0.145. The fraction of sp³-hybridized carbons (Fsp3) is 0.923. The van der Waals surface area contributed by atoms with Crippen LogP contribution in [-0.4, -0.2) is 116 Å². The van der Waals surface area contributed by atoms with Gasteiger partial charge in [-0.25, -0.2) is 4.79 Å². The third-order valence-corrected chi connectivity index (χ3v) is 4.93. The fourth-order valence-electron chi connectivity index (χ4n) is 2.99. The molecule has 11 nitrogen and oxygen atoms in total. The van der Waals surface area contributed by atoms with Crippen LogP contribution < -0.4 is 0 Å². The quantitative estimate of drug-likeness (QED) is 0.103. The van der Waals surface area contributed by atoms with Crippen molar-refractivity contribution >= 4 is 11.9 Å². The van der Waals surface area contributed by atoms with Crippen molar-refractivity contribution < 1.29 is 52.6 Å². The number of esters is 1. The average molecular weight is 539 g/mol. The van der Waals surface area contributed by atoms with E-state index >= 15 is 0 Å². The lowest BCUT2D eigenvalue weighted by atomic mass is 10.1. The number of rotatable bonds is 31. The SMILES string of the molecule is CCCCCCCCCC(=O)OCCOCCOCCOCCOCCOCCOCCOCC(=O)O. The van der Waals surface area contributed by atoms with Crippen molar-refractivity contribution in [2.24, 2.45) is 0 Å². The Bertz CT molecular complexity index is 491. The van der Waals surface area contributed by atoms with Crippen LogP contribution in [0.5, 0.6) is 0 Å². The summed E-state index contributed by atoms with van der Waals surface area (Å²) < 4.78 is 42.2. The van der Waals surface area contributed by atoms with Crippen molar-refractivity contribution in [1.82, 2.24) is 0 Å². The molecule has 220 valence electrons. The maximum absolute atomic E-state index is 11.6. The van der Waals surface area contributed by atoms with Crippen molar-refractivity contribution in [1.29, 1.82) is 0 Å². The second kappa shape index (κ2) is 30.9. The Kier molecular flexibility index (Phi) is 29.8. The van der Waals surface area contributed by atoms with E-state index in [1.165, 1.54) is 32.1 Å². The first-order valence-electron chi connectivity index (χ1n) is 13.6. The smallest absolute Gasteiger partial charge is 0.329 e. The zero-order chi connectivity index (χ0) is 27.1. The first-order valence-corrected chi connectivity index (χ1v) is 13.6. The van der Waals surface area contributed by atoms with Gasteiger partial charge >= 0.3 is 11.9 Å². The predicted octanol–water partition coefficient (Wildman–Crippen LogP) is 2.87. The highest BCUT2D eigenvalue weighted by Crippen LogP contribution is 2.08. The molecule has 0 aromatic heterocycles. The molecule has 0 aliphatic heterocycles. The van der Waals surface area contributed by atoms with E-state index in [1.807, 2.05) is 0 Å². The Morgan fingerprint density at radius 2 is 0.838 bits per heavy atom. The third-order valence-electron chi connectivity index (χ3n) is 4.93. The minimum absolute atomic E-state index is 0.147. The molecule has 0 bridgehead atoms. The molecular formula is C26H50O11. The maximum atomic E-state index is 11.6. The first kappa shape index (κ1) is 35.7. The van der Waals surface area contributed by atoms with Gasteiger partial charge in [0.15, 0.2) is 0 Å². The van der Waals surface area contributed by atoms with E-state index < -0.39 is 5.97 Å². The van der Waals surface area contributed by atoms with Gasteiger partial charge < -0.3 is 43.0 Å². The number of hydrogen-bond donors (Lipinski definition) is 1. The molecule has 0 aliphatic rings. The van der Waals surface area contributed by atoms with Gasteiger partial charge in [-0.15, -0.1) is 0 Å². The Labute approximate surface area is 222 Å². The van der Waals surface area contributed by atoms with Gasteiger partial charge in [0.25, 0.3) is 0 Å². The van der Waals surface area contributed by atoms with Gasteiger partial charge in [0.1, 0.15) is 13.2 Å². The lowest BCUT2D eigenvalue weighted by Gasteiger charge is -2.08. The topological polar surface area (TPSA) is 128 Å². The molecule has 0 aliphatic carbocycles. The number of unbranched alkanes of at least 4 members (excludes halogenated alkanes) is 6. The van der Waals surface area contributed by atoms with Crippen molar-refractivity contribution in [2.75, 3.05) is 99.1 Å². The normalized spacial score (nSPS) is 11.2. The van der Waals surface area contributed by atoms with Crippen molar-refractivity contribution in [3.8, 4) is 0 Å². The molecule has 0 amide bonds. The summed E-state index contributed by atoms with van der Waals surface area (Å²) in [6, 6.07) is 0. The van der Waals surface area contributed by atoms with Crippen molar-refractivity contribution in [2.45, 2.75) is 58.3 Å². The molecule has 0 atom stereocenters. The monoisotopic (exact) mass is 538 g/mol. The van der Waals surface area contributed by atoms with Crippen LogP contribution in [0, 0.1) is 0 Å². The van der Waals surface area contributed by atoms with Crippen molar-refractivity contribution in [3.05, 3.63) is 0 Å². The largest absolute Gasteiger partial charge is 0.480 e. The van der Waals surface area contributed by atoms with E-state index in [0.717, 1.165) is 12.8 Å². The van der Waals surface area contributed by atoms with Crippen LogP contribution in [-0.2, 0) is 47.5 Å². The molecule has 11 heteroatoms. The highest BCUT2D eigenvalue weighted by atomic mass is 16.6. The summed E-state index contributed by atoms with van der Waals surface area (Å²) in [6.07, 6.45) is 8.77. The van der Waals surface area contributed by atoms with E-state index in [0.29, 0.717) is 85.7 Å². The Morgan fingerprint density at radius 3 is 1.24 bits per heavy atom. The van der Waals surface area contributed by atoms with E-state index in [1.54, 1.807) is 0 Å². The van der Waals surface area contributed by atoms with Crippen LogP contribution in [0.15, 0.2) is 0 Å². The van der Waals surface area contributed by atoms with Gasteiger partial charge in [0.2, 0.25) is 0 Å². The molecular weight excluding hydrogens is 488 g/mol. The molecule has 0 radical (unpaired) electrons. The Balaban J connectivity index is 3.11. The third kappa shape index (κ3) is 32.6. The molecule has 0 saturated heterocycles. The van der Waals surface area contributed by atoms with Crippen molar-refractivity contribution in [3.63, 3.8) is 0 Å². The van der Waals surface area contributed by atoms with E-state index in [2.05, 4.69) is 6.92 Å². The summed E-state index contributed by atoms with van der Waals surface area (Å²) >= 11 is 0. The second-order valence-electron chi connectivity index (χ2n) is 8.21. The predicted molar refractivity (Wildman–Crippen MR) is 137 cm³/mol. The molecule has 0 unspecified atom stereocenters. The standard InChI is InChI=1S/C26H50O11/c1-2-3-4-5-6-7-8-9-26(29)37-23-22-35-19-18-33-15-14-31-11-10-30-12-13-32-16-17-34-20-21-36-24-25(27)28/h2-24H2,1H3,(H,27,28). The van der Waals surface area contributed by atoms with Gasteiger partial charge in [0, 0.05) is 6.42 Å². The number of aliphatic carboxylic acids is 1. The molecule has 0 rings (SSSR count). The van der Waals surface area contributed by atoms with Crippen LogP contribution >= 0.6 is 0 Å². The number of ether oxygens (including phenoxy) is 8.